The maximum Gasteiger partial charge on any atom is 0.341 e. The van der Waals surface area contributed by atoms with Crippen LogP contribution in [0.25, 0.3) is 0 Å². The second-order valence-electron chi connectivity index (χ2n) is 5.98. The van der Waals surface area contributed by atoms with Crippen LogP contribution in [0.1, 0.15) is 49.5 Å². The van der Waals surface area contributed by atoms with E-state index >= 15 is 0 Å². The number of furan rings is 1. The number of fused-ring (bicyclic) bond motifs is 1. The number of esters is 2. The summed E-state index contributed by atoms with van der Waals surface area (Å²) in [4.78, 5) is 49.6. The molecule has 0 spiro atoms. The summed E-state index contributed by atoms with van der Waals surface area (Å²) < 4.78 is 15.1. The number of ether oxygens (including phenoxy) is 2. The fraction of sp³-hybridized carbons (Fsp3) is 0.263. The molecule has 0 N–H and O–H groups in total. The molecule has 1 atom stereocenters. The lowest BCUT2D eigenvalue weighted by Crippen LogP contribution is -2.43. The number of amides is 2. The lowest BCUT2D eigenvalue weighted by atomic mass is 10.1. The minimum absolute atomic E-state index is 0.233. The Labute approximate surface area is 154 Å². The van der Waals surface area contributed by atoms with Crippen LogP contribution in [0.5, 0.6) is 0 Å². The highest BCUT2D eigenvalue weighted by Crippen LogP contribution is 2.25. The Balaban J connectivity index is 1.68. The Morgan fingerprint density at radius 3 is 2.30 bits per heavy atom. The molecule has 0 saturated carbocycles. The van der Waals surface area contributed by atoms with E-state index in [0.717, 1.165) is 4.90 Å². The fourth-order valence-electron chi connectivity index (χ4n) is 2.86. The van der Waals surface area contributed by atoms with Crippen molar-refractivity contribution in [2.75, 3.05) is 7.11 Å². The second-order valence-corrected chi connectivity index (χ2v) is 5.98. The Kier molecular flexibility index (Phi) is 4.81. The van der Waals surface area contributed by atoms with Crippen molar-refractivity contribution < 1.29 is 33.1 Å². The lowest BCUT2D eigenvalue weighted by Gasteiger charge is -2.20. The van der Waals surface area contributed by atoms with Crippen molar-refractivity contribution in [1.29, 1.82) is 0 Å². The predicted molar refractivity (Wildman–Crippen MR) is 91.0 cm³/mol. The van der Waals surface area contributed by atoms with Gasteiger partial charge < -0.3 is 13.9 Å². The Morgan fingerprint density at radius 1 is 1.15 bits per heavy atom. The third-order valence-corrected chi connectivity index (χ3v) is 4.28. The zero-order valence-corrected chi connectivity index (χ0v) is 15.0. The van der Waals surface area contributed by atoms with Gasteiger partial charge >= 0.3 is 11.9 Å². The zero-order valence-electron chi connectivity index (χ0n) is 15.0. The molecule has 2 heterocycles. The molecule has 0 saturated heterocycles. The number of methoxy groups -OCH3 is 1. The summed E-state index contributed by atoms with van der Waals surface area (Å²) in [7, 11) is 1.25. The summed E-state index contributed by atoms with van der Waals surface area (Å²) in [5, 5.41) is 0. The normalized spacial score (nSPS) is 14.1. The van der Waals surface area contributed by atoms with Gasteiger partial charge in [-0.15, -0.1) is 0 Å². The van der Waals surface area contributed by atoms with Crippen molar-refractivity contribution in [3.05, 3.63) is 58.5 Å². The van der Waals surface area contributed by atoms with Crippen molar-refractivity contribution in [3.63, 3.8) is 0 Å². The van der Waals surface area contributed by atoms with Gasteiger partial charge in [0.2, 0.25) is 0 Å². The maximum atomic E-state index is 12.4. The fourth-order valence-corrected chi connectivity index (χ4v) is 2.86. The molecule has 140 valence electrons. The molecule has 8 nitrogen and oxygen atoms in total. The molecule has 27 heavy (non-hydrogen) atoms. The molecule has 1 aliphatic heterocycles. The molecule has 1 aliphatic rings. The minimum atomic E-state index is -1.10. The first-order valence-corrected chi connectivity index (χ1v) is 8.16. The van der Waals surface area contributed by atoms with Crippen LogP contribution in [0.3, 0.4) is 0 Å². The number of hydrogen-bond donors (Lipinski definition) is 0. The number of aryl methyl sites for hydroxylation is 1. The van der Waals surface area contributed by atoms with Gasteiger partial charge in [-0.3, -0.25) is 14.5 Å². The topological polar surface area (TPSA) is 103 Å². The van der Waals surface area contributed by atoms with E-state index in [1.165, 1.54) is 32.2 Å². The zero-order chi connectivity index (χ0) is 19.7. The van der Waals surface area contributed by atoms with Crippen molar-refractivity contribution >= 4 is 23.8 Å². The summed E-state index contributed by atoms with van der Waals surface area (Å²) >= 11 is 0. The van der Waals surface area contributed by atoms with Crippen molar-refractivity contribution in [2.24, 2.45) is 0 Å². The molecule has 0 radical (unpaired) electrons. The number of benzene rings is 1. The molecule has 1 aromatic carbocycles. The first kappa shape index (κ1) is 18.4. The Hall–Kier alpha value is -3.42. The largest absolute Gasteiger partial charge is 0.465 e. The molecular weight excluding hydrogens is 354 g/mol. The number of rotatable bonds is 5. The average molecular weight is 371 g/mol. The Morgan fingerprint density at radius 2 is 1.74 bits per heavy atom. The van der Waals surface area contributed by atoms with E-state index < -0.39 is 29.8 Å². The van der Waals surface area contributed by atoms with Crippen LogP contribution in [0.2, 0.25) is 0 Å². The van der Waals surface area contributed by atoms with Gasteiger partial charge in [-0.2, -0.15) is 0 Å². The summed E-state index contributed by atoms with van der Waals surface area (Å²) in [5.74, 6) is -1.83. The van der Waals surface area contributed by atoms with E-state index in [1.54, 1.807) is 19.1 Å². The van der Waals surface area contributed by atoms with Crippen molar-refractivity contribution in [3.8, 4) is 0 Å². The van der Waals surface area contributed by atoms with Crippen LogP contribution < -0.4 is 0 Å². The standard InChI is InChI=1S/C19H17NO7/c1-10(20-16(21)13-6-4-5-7-14(13)17(20)22)18(23)26-9-12-8-15(11(2)27-12)19(24)25-3/h4-8,10H,9H2,1-3H3/t10-/m0/s1. The molecule has 8 heteroatoms. The SMILES string of the molecule is COC(=O)c1cc(COC(=O)[C@H](C)N2C(=O)c3ccccc3C2=O)oc1C. The summed E-state index contributed by atoms with van der Waals surface area (Å²) in [6.07, 6.45) is 0. The van der Waals surface area contributed by atoms with Gasteiger partial charge in [-0.1, -0.05) is 12.1 Å². The van der Waals surface area contributed by atoms with Gasteiger partial charge in [0.05, 0.1) is 18.2 Å². The number of nitrogens with zero attached hydrogens (tertiary/aromatic N) is 1. The molecule has 0 unspecified atom stereocenters. The summed E-state index contributed by atoms with van der Waals surface area (Å²) in [6, 6.07) is 6.68. The van der Waals surface area contributed by atoms with Gasteiger partial charge in [0.1, 0.15) is 29.7 Å². The second kappa shape index (κ2) is 7.06. The van der Waals surface area contributed by atoms with Crippen molar-refractivity contribution in [2.45, 2.75) is 26.5 Å². The molecule has 0 aliphatic carbocycles. The van der Waals surface area contributed by atoms with E-state index in [1.807, 2.05) is 0 Å². The highest BCUT2D eigenvalue weighted by molar-refractivity contribution is 6.22. The van der Waals surface area contributed by atoms with Crippen LogP contribution in [-0.4, -0.2) is 41.8 Å². The predicted octanol–water partition coefficient (Wildman–Crippen LogP) is 2.10. The van der Waals surface area contributed by atoms with Crippen LogP contribution >= 0.6 is 0 Å². The summed E-state index contributed by atoms with van der Waals surface area (Å²) in [5.41, 5.74) is 0.745. The first-order chi connectivity index (χ1) is 12.8. The monoisotopic (exact) mass is 371 g/mol. The van der Waals surface area contributed by atoms with E-state index in [-0.39, 0.29) is 29.1 Å². The third-order valence-electron chi connectivity index (χ3n) is 4.28. The molecule has 0 fully saturated rings. The van der Waals surface area contributed by atoms with Crippen LogP contribution in [0, 0.1) is 6.92 Å². The van der Waals surface area contributed by atoms with E-state index in [4.69, 9.17) is 9.15 Å². The molecule has 3 rings (SSSR count). The number of hydrogen-bond acceptors (Lipinski definition) is 7. The van der Waals surface area contributed by atoms with Crippen LogP contribution in [0.4, 0.5) is 0 Å². The highest BCUT2D eigenvalue weighted by atomic mass is 16.5. The van der Waals surface area contributed by atoms with Gasteiger partial charge in [-0.05, 0) is 32.0 Å². The third kappa shape index (κ3) is 3.21. The minimum Gasteiger partial charge on any atom is -0.465 e. The first-order valence-electron chi connectivity index (χ1n) is 8.16. The number of imide groups is 1. The van der Waals surface area contributed by atoms with Gasteiger partial charge in [0, 0.05) is 0 Å². The smallest absolute Gasteiger partial charge is 0.341 e. The van der Waals surface area contributed by atoms with Crippen molar-refractivity contribution in [1.82, 2.24) is 4.90 Å². The molecule has 1 aromatic heterocycles. The van der Waals surface area contributed by atoms with Gasteiger partial charge in [0.15, 0.2) is 0 Å². The average Bonchev–Trinajstić information content (AvgIpc) is 3.16. The number of carbonyl (C=O) groups is 4. The highest BCUT2D eigenvalue weighted by Gasteiger charge is 2.41. The quantitative estimate of drug-likeness (QED) is 0.586. The van der Waals surface area contributed by atoms with Gasteiger partial charge in [0.25, 0.3) is 11.8 Å². The molecule has 2 amide bonds. The van der Waals surface area contributed by atoms with E-state index in [9.17, 15) is 19.2 Å². The number of carbonyl (C=O) groups excluding carboxylic acids is 4. The Bertz CT molecular complexity index is 908. The van der Waals surface area contributed by atoms with E-state index in [2.05, 4.69) is 4.74 Å². The molecule has 2 aromatic rings. The van der Waals surface area contributed by atoms with Crippen LogP contribution in [-0.2, 0) is 20.9 Å². The van der Waals surface area contributed by atoms with E-state index in [0.29, 0.717) is 5.76 Å². The lowest BCUT2D eigenvalue weighted by molar-refractivity contribution is -0.149. The van der Waals surface area contributed by atoms with Crippen LogP contribution in [0.15, 0.2) is 34.7 Å². The summed E-state index contributed by atoms with van der Waals surface area (Å²) in [6.45, 7) is 2.75. The maximum absolute atomic E-state index is 12.4. The van der Waals surface area contributed by atoms with Gasteiger partial charge in [-0.25, -0.2) is 9.59 Å². The molecular formula is C19H17NO7. The molecule has 0 bridgehead atoms.